The van der Waals surface area contributed by atoms with Crippen molar-refractivity contribution in [1.82, 2.24) is 0 Å². The zero-order chi connectivity index (χ0) is 9.97. The van der Waals surface area contributed by atoms with Gasteiger partial charge in [0.05, 0.1) is 0 Å². The molecule has 1 aromatic rings. The average molecular weight is 192 g/mol. The van der Waals surface area contributed by atoms with Crippen molar-refractivity contribution in [3.63, 3.8) is 0 Å². The fourth-order valence-corrected chi connectivity index (χ4v) is 1.90. The van der Waals surface area contributed by atoms with Crippen molar-refractivity contribution >= 4 is 0 Å². The monoisotopic (exact) mass is 192 g/mol. The molecule has 0 aromatic heterocycles. The third-order valence-electron chi connectivity index (χ3n) is 3.07. The number of halogens is 1. The molecule has 0 saturated heterocycles. The van der Waals surface area contributed by atoms with Gasteiger partial charge in [0.15, 0.2) is 0 Å². The van der Waals surface area contributed by atoms with E-state index in [4.69, 9.17) is 0 Å². The molecule has 0 unspecified atom stereocenters. The average Bonchev–Trinajstić information content (AvgIpc) is 2.95. The van der Waals surface area contributed by atoms with E-state index in [1.54, 1.807) is 12.1 Å². The Morgan fingerprint density at radius 2 is 2.14 bits per heavy atom. The molecule has 0 radical (unpaired) electrons. The summed E-state index contributed by atoms with van der Waals surface area (Å²) in [6, 6.07) is 5.10. The van der Waals surface area contributed by atoms with Gasteiger partial charge >= 0.3 is 0 Å². The number of hydrogen-bond donors (Lipinski definition) is 0. The SMILES string of the molecule is Cc1ccc(F)cc1CCCC1CC1. The van der Waals surface area contributed by atoms with Gasteiger partial charge in [-0.15, -0.1) is 0 Å². The van der Waals surface area contributed by atoms with Crippen LogP contribution in [0.4, 0.5) is 4.39 Å². The van der Waals surface area contributed by atoms with Gasteiger partial charge in [-0.3, -0.25) is 0 Å². The van der Waals surface area contributed by atoms with Gasteiger partial charge in [0.1, 0.15) is 5.82 Å². The first-order valence-electron chi connectivity index (χ1n) is 5.51. The molecular formula is C13H17F. The Bertz CT molecular complexity index is 313. The third-order valence-corrected chi connectivity index (χ3v) is 3.07. The molecule has 0 aliphatic heterocycles. The van der Waals surface area contributed by atoms with Gasteiger partial charge in [-0.2, -0.15) is 0 Å². The lowest BCUT2D eigenvalue weighted by atomic mass is 10.0. The van der Waals surface area contributed by atoms with E-state index in [-0.39, 0.29) is 5.82 Å². The molecule has 0 atom stereocenters. The predicted octanol–water partition coefficient (Wildman–Crippen LogP) is 3.87. The molecule has 0 spiro atoms. The fourth-order valence-electron chi connectivity index (χ4n) is 1.90. The van der Waals surface area contributed by atoms with Crippen LogP contribution in [0, 0.1) is 18.7 Å². The van der Waals surface area contributed by atoms with E-state index in [1.165, 1.54) is 36.8 Å². The first-order valence-corrected chi connectivity index (χ1v) is 5.51. The summed E-state index contributed by atoms with van der Waals surface area (Å²) in [4.78, 5) is 0. The van der Waals surface area contributed by atoms with Gasteiger partial charge in [-0.1, -0.05) is 25.3 Å². The minimum absolute atomic E-state index is 0.1000. The molecule has 1 aromatic carbocycles. The summed E-state index contributed by atoms with van der Waals surface area (Å²) in [5.41, 5.74) is 2.41. The molecule has 1 saturated carbocycles. The fraction of sp³-hybridized carbons (Fsp3) is 0.538. The standard InChI is InChI=1S/C13H17F/c1-10-5-8-13(14)9-12(10)4-2-3-11-6-7-11/h5,8-9,11H,2-4,6-7H2,1H3. The van der Waals surface area contributed by atoms with Crippen molar-refractivity contribution in [1.29, 1.82) is 0 Å². The van der Waals surface area contributed by atoms with Crippen LogP contribution in [0.3, 0.4) is 0 Å². The topological polar surface area (TPSA) is 0 Å². The van der Waals surface area contributed by atoms with E-state index in [9.17, 15) is 4.39 Å². The largest absolute Gasteiger partial charge is 0.207 e. The maximum absolute atomic E-state index is 12.9. The Hall–Kier alpha value is -0.850. The van der Waals surface area contributed by atoms with Crippen molar-refractivity contribution in [3.8, 4) is 0 Å². The Labute approximate surface area is 85.1 Å². The highest BCUT2D eigenvalue weighted by Crippen LogP contribution is 2.34. The summed E-state index contributed by atoms with van der Waals surface area (Å²) in [6.45, 7) is 2.06. The minimum atomic E-state index is -0.1000. The molecule has 0 N–H and O–H groups in total. The zero-order valence-electron chi connectivity index (χ0n) is 8.72. The highest BCUT2D eigenvalue weighted by molar-refractivity contribution is 5.26. The Balaban J connectivity index is 1.89. The summed E-state index contributed by atoms with van der Waals surface area (Å²) in [5.74, 6) is 0.890. The smallest absolute Gasteiger partial charge is 0.123 e. The maximum atomic E-state index is 12.9. The van der Waals surface area contributed by atoms with Crippen molar-refractivity contribution in [3.05, 3.63) is 35.1 Å². The second-order valence-electron chi connectivity index (χ2n) is 4.41. The van der Waals surface area contributed by atoms with Gasteiger partial charge in [-0.25, -0.2) is 4.39 Å². The van der Waals surface area contributed by atoms with Crippen LogP contribution in [0.5, 0.6) is 0 Å². The highest BCUT2D eigenvalue weighted by Gasteiger charge is 2.20. The molecule has 1 aliphatic carbocycles. The quantitative estimate of drug-likeness (QED) is 0.679. The van der Waals surface area contributed by atoms with Crippen LogP contribution in [0.15, 0.2) is 18.2 Å². The van der Waals surface area contributed by atoms with Crippen LogP contribution in [0.1, 0.15) is 36.8 Å². The molecule has 0 heterocycles. The Morgan fingerprint density at radius 1 is 1.36 bits per heavy atom. The van der Waals surface area contributed by atoms with Crippen LogP contribution in [-0.2, 0) is 6.42 Å². The molecule has 0 bridgehead atoms. The normalized spacial score (nSPS) is 15.9. The molecule has 0 amide bonds. The van der Waals surface area contributed by atoms with Crippen LogP contribution >= 0.6 is 0 Å². The van der Waals surface area contributed by atoms with Gasteiger partial charge in [0.2, 0.25) is 0 Å². The zero-order valence-corrected chi connectivity index (χ0v) is 8.72. The van der Waals surface area contributed by atoms with Gasteiger partial charge in [0.25, 0.3) is 0 Å². The summed E-state index contributed by atoms with van der Waals surface area (Å²) in [7, 11) is 0. The van der Waals surface area contributed by atoms with E-state index in [2.05, 4.69) is 6.92 Å². The van der Waals surface area contributed by atoms with Crippen LogP contribution < -0.4 is 0 Å². The van der Waals surface area contributed by atoms with Crippen molar-refractivity contribution in [2.24, 2.45) is 5.92 Å². The van der Waals surface area contributed by atoms with Crippen LogP contribution in [-0.4, -0.2) is 0 Å². The lowest BCUT2D eigenvalue weighted by Gasteiger charge is -2.05. The van der Waals surface area contributed by atoms with Gasteiger partial charge in [-0.05, 0) is 48.9 Å². The molecule has 1 fully saturated rings. The number of hydrogen-bond acceptors (Lipinski definition) is 0. The summed E-state index contributed by atoms with van der Waals surface area (Å²) in [6.07, 6.45) is 6.43. The predicted molar refractivity (Wildman–Crippen MR) is 56.8 cm³/mol. The van der Waals surface area contributed by atoms with Gasteiger partial charge in [0, 0.05) is 0 Å². The second-order valence-corrected chi connectivity index (χ2v) is 4.41. The second kappa shape index (κ2) is 4.12. The molecule has 14 heavy (non-hydrogen) atoms. The summed E-state index contributed by atoms with van der Waals surface area (Å²) >= 11 is 0. The van der Waals surface area contributed by atoms with E-state index in [1.807, 2.05) is 6.07 Å². The highest BCUT2D eigenvalue weighted by atomic mass is 19.1. The third kappa shape index (κ3) is 2.57. The Morgan fingerprint density at radius 3 is 2.86 bits per heavy atom. The summed E-state index contributed by atoms with van der Waals surface area (Å²) in [5, 5.41) is 0. The molecule has 0 nitrogen and oxygen atoms in total. The lowest BCUT2D eigenvalue weighted by Crippen LogP contribution is -1.92. The minimum Gasteiger partial charge on any atom is -0.207 e. The Kier molecular flexibility index (Phi) is 2.85. The number of aryl methyl sites for hydroxylation is 2. The van der Waals surface area contributed by atoms with Crippen LogP contribution in [0.25, 0.3) is 0 Å². The molecule has 2 rings (SSSR count). The molecular weight excluding hydrogens is 175 g/mol. The van der Waals surface area contributed by atoms with Crippen molar-refractivity contribution in [2.45, 2.75) is 39.0 Å². The maximum Gasteiger partial charge on any atom is 0.123 e. The van der Waals surface area contributed by atoms with Gasteiger partial charge < -0.3 is 0 Å². The number of benzene rings is 1. The lowest BCUT2D eigenvalue weighted by molar-refractivity contribution is 0.619. The molecule has 76 valence electrons. The van der Waals surface area contributed by atoms with Crippen LogP contribution in [0.2, 0.25) is 0 Å². The number of rotatable bonds is 4. The van der Waals surface area contributed by atoms with Crippen molar-refractivity contribution in [2.75, 3.05) is 0 Å². The molecule has 1 aliphatic rings. The first kappa shape index (κ1) is 9.70. The van der Waals surface area contributed by atoms with E-state index >= 15 is 0 Å². The summed E-state index contributed by atoms with van der Waals surface area (Å²) < 4.78 is 12.9. The van der Waals surface area contributed by atoms with Crippen molar-refractivity contribution < 1.29 is 4.39 Å². The first-order chi connectivity index (χ1) is 6.75. The molecule has 1 heteroatoms. The van der Waals surface area contributed by atoms with E-state index in [0.717, 1.165) is 12.3 Å². The van der Waals surface area contributed by atoms with E-state index < -0.39 is 0 Å². The van der Waals surface area contributed by atoms with E-state index in [0.29, 0.717) is 0 Å².